The maximum atomic E-state index is 13.0. The van der Waals surface area contributed by atoms with Crippen LogP contribution in [0.1, 0.15) is 17.9 Å². The fraction of sp³-hybridized carbons (Fsp3) is 0.316. The van der Waals surface area contributed by atoms with Gasteiger partial charge in [-0.15, -0.1) is 0 Å². The minimum absolute atomic E-state index is 0.0357. The molecule has 1 fully saturated rings. The Bertz CT molecular complexity index is 1090. The Hall–Kier alpha value is -2.04. The molecule has 0 radical (unpaired) electrons. The number of sulfonamides is 1. The van der Waals surface area contributed by atoms with Crippen molar-refractivity contribution in [1.82, 2.24) is 4.72 Å². The average molecular weight is 474 g/mol. The zero-order chi connectivity index (χ0) is 21.6. The zero-order valence-corrected chi connectivity index (χ0v) is 17.6. The topological polar surface area (TPSA) is 122 Å². The van der Waals surface area contributed by atoms with Crippen LogP contribution in [0.25, 0.3) is 0 Å². The number of fused-ring (bicyclic) bond motifs is 3. The van der Waals surface area contributed by atoms with Crippen LogP contribution in [0, 0.1) is 0 Å². The van der Waals surface area contributed by atoms with E-state index in [1.54, 1.807) is 18.2 Å². The van der Waals surface area contributed by atoms with E-state index in [0.29, 0.717) is 11.3 Å². The number of benzene rings is 2. The number of aliphatic hydroxyl groups excluding tert-OH is 1. The molecule has 2 aromatic rings. The smallest absolute Gasteiger partial charge is 0.341 e. The fourth-order valence-corrected chi connectivity index (χ4v) is 6.41. The highest BCUT2D eigenvalue weighted by atomic mass is 35.5. The number of hydrogen-bond donors (Lipinski definition) is 3. The molecule has 0 amide bonds. The lowest BCUT2D eigenvalue weighted by atomic mass is 9.94. The molecule has 0 saturated heterocycles. The number of aliphatic hydroxyl groups is 1. The molecule has 3 N–H and O–H groups in total. The Morgan fingerprint density at radius 1 is 1.20 bits per heavy atom. The van der Waals surface area contributed by atoms with E-state index in [2.05, 4.69) is 4.72 Å². The van der Waals surface area contributed by atoms with Gasteiger partial charge < -0.3 is 19.7 Å². The average Bonchev–Trinajstić information content (AvgIpc) is 3.15. The maximum Gasteiger partial charge on any atom is 0.341 e. The van der Waals surface area contributed by atoms with Crippen molar-refractivity contribution < 1.29 is 32.9 Å². The molecule has 1 saturated carbocycles. The number of carboxylic acid groups (broad SMARTS) is 1. The first-order valence-corrected chi connectivity index (χ1v) is 11.2. The Balaban J connectivity index is 1.66. The van der Waals surface area contributed by atoms with E-state index in [0.717, 1.165) is 0 Å². The van der Waals surface area contributed by atoms with Gasteiger partial charge >= 0.3 is 5.97 Å². The lowest BCUT2D eigenvalue weighted by Gasteiger charge is -2.23. The summed E-state index contributed by atoms with van der Waals surface area (Å²) in [6, 6.07) is 8.42. The summed E-state index contributed by atoms with van der Waals surface area (Å²) < 4.78 is 39.7. The lowest BCUT2D eigenvalue weighted by Crippen LogP contribution is -2.43. The number of hydrogen-bond acceptors (Lipinski definition) is 6. The first-order valence-electron chi connectivity index (χ1n) is 8.97. The highest BCUT2D eigenvalue weighted by Gasteiger charge is 2.52. The molecular weight excluding hydrogens is 457 g/mol. The highest BCUT2D eigenvalue weighted by molar-refractivity contribution is 7.89. The van der Waals surface area contributed by atoms with Gasteiger partial charge in [0.15, 0.2) is 18.1 Å². The van der Waals surface area contributed by atoms with Crippen LogP contribution < -0.4 is 14.2 Å². The van der Waals surface area contributed by atoms with Crippen molar-refractivity contribution in [3.63, 3.8) is 0 Å². The van der Waals surface area contributed by atoms with E-state index in [-0.39, 0.29) is 27.1 Å². The summed E-state index contributed by atoms with van der Waals surface area (Å²) in [5, 5.41) is 19.3. The van der Waals surface area contributed by atoms with Crippen molar-refractivity contribution in [1.29, 1.82) is 0 Å². The van der Waals surface area contributed by atoms with E-state index in [1.807, 2.05) is 0 Å². The molecule has 0 spiro atoms. The van der Waals surface area contributed by atoms with Crippen LogP contribution in [0.2, 0.25) is 10.0 Å². The van der Waals surface area contributed by atoms with Crippen molar-refractivity contribution in [3.05, 3.63) is 52.0 Å². The monoisotopic (exact) mass is 473 g/mol. The number of rotatable bonds is 6. The molecule has 4 unspecified atom stereocenters. The summed E-state index contributed by atoms with van der Waals surface area (Å²) in [6.07, 6.45) is -1.33. The van der Waals surface area contributed by atoms with E-state index < -0.39 is 46.8 Å². The summed E-state index contributed by atoms with van der Waals surface area (Å²) in [7, 11) is -4.15. The number of halogens is 2. The van der Waals surface area contributed by atoms with Crippen LogP contribution in [0.5, 0.6) is 11.5 Å². The molecule has 160 valence electrons. The minimum atomic E-state index is -4.15. The number of carboxylic acids is 1. The number of para-hydroxylation sites is 1. The molecule has 0 bridgehead atoms. The quantitative estimate of drug-likeness (QED) is 0.588. The Labute approximate surface area is 182 Å². The van der Waals surface area contributed by atoms with Crippen LogP contribution in [0.15, 0.2) is 41.3 Å². The molecular formula is C19H17Cl2NO7S. The SMILES string of the molecule is O=C(O)COc1cccc2c1OC1CC(O)C(NS(=O)(=O)c3c(Cl)cccc3Cl)C21. The van der Waals surface area contributed by atoms with Gasteiger partial charge in [-0.25, -0.2) is 17.9 Å². The molecule has 1 aliphatic carbocycles. The van der Waals surface area contributed by atoms with Gasteiger partial charge in [-0.3, -0.25) is 0 Å². The van der Waals surface area contributed by atoms with Crippen molar-refractivity contribution in [2.75, 3.05) is 6.61 Å². The van der Waals surface area contributed by atoms with Crippen LogP contribution in [-0.4, -0.2) is 49.5 Å². The van der Waals surface area contributed by atoms with Gasteiger partial charge in [-0.1, -0.05) is 41.4 Å². The molecule has 4 rings (SSSR count). The Kier molecular flexibility index (Phi) is 5.58. The number of ether oxygens (including phenoxy) is 2. The fourth-order valence-electron chi connectivity index (χ4n) is 3.97. The summed E-state index contributed by atoms with van der Waals surface area (Å²) in [5.74, 6) is -1.04. The largest absolute Gasteiger partial charge is 0.485 e. The first kappa shape index (κ1) is 21.2. The molecule has 0 aromatic heterocycles. The van der Waals surface area contributed by atoms with Gasteiger partial charge in [0.2, 0.25) is 10.0 Å². The van der Waals surface area contributed by atoms with Gasteiger partial charge in [-0.05, 0) is 18.2 Å². The van der Waals surface area contributed by atoms with Gasteiger partial charge in [-0.2, -0.15) is 0 Å². The maximum absolute atomic E-state index is 13.0. The molecule has 1 heterocycles. The third-order valence-corrected chi connectivity index (χ3v) is 7.56. The van der Waals surface area contributed by atoms with Crippen molar-refractivity contribution in [3.8, 4) is 11.5 Å². The second kappa shape index (κ2) is 7.90. The van der Waals surface area contributed by atoms with Crippen LogP contribution >= 0.6 is 23.2 Å². The van der Waals surface area contributed by atoms with E-state index in [9.17, 15) is 18.3 Å². The second-order valence-electron chi connectivity index (χ2n) is 7.04. The van der Waals surface area contributed by atoms with E-state index in [4.69, 9.17) is 37.8 Å². The molecule has 11 heteroatoms. The van der Waals surface area contributed by atoms with Crippen molar-refractivity contribution >= 4 is 39.2 Å². The van der Waals surface area contributed by atoms with Gasteiger partial charge in [0.1, 0.15) is 11.0 Å². The van der Waals surface area contributed by atoms with Crippen LogP contribution in [0.3, 0.4) is 0 Å². The van der Waals surface area contributed by atoms with Crippen LogP contribution in [-0.2, 0) is 14.8 Å². The van der Waals surface area contributed by atoms with Gasteiger partial charge in [0.05, 0.1) is 22.2 Å². The summed E-state index contributed by atoms with van der Waals surface area (Å²) >= 11 is 12.1. The summed E-state index contributed by atoms with van der Waals surface area (Å²) in [5.41, 5.74) is 0.623. The molecule has 2 aliphatic rings. The van der Waals surface area contributed by atoms with Crippen molar-refractivity contribution in [2.24, 2.45) is 0 Å². The molecule has 1 aliphatic heterocycles. The lowest BCUT2D eigenvalue weighted by molar-refractivity contribution is -0.139. The first-order chi connectivity index (χ1) is 14.2. The molecule has 2 aromatic carbocycles. The third kappa shape index (κ3) is 3.72. The third-order valence-electron chi connectivity index (χ3n) is 5.14. The summed E-state index contributed by atoms with van der Waals surface area (Å²) in [4.78, 5) is 10.6. The number of aliphatic carboxylic acids is 1. The number of nitrogens with one attached hydrogen (secondary N) is 1. The van der Waals surface area contributed by atoms with E-state index >= 15 is 0 Å². The van der Waals surface area contributed by atoms with E-state index in [1.165, 1.54) is 18.2 Å². The standard InChI is InChI=1S/C19H17Cl2NO7S/c20-10-4-2-5-11(21)19(10)30(26,27)22-17-12(23)7-14-16(17)9-3-1-6-13(18(9)29-14)28-8-15(24)25/h1-6,12,14,16-17,22-23H,7-8H2,(H,24,25). The number of carbonyl (C=O) groups is 1. The molecule has 4 atom stereocenters. The second-order valence-corrected chi connectivity index (χ2v) is 9.51. The zero-order valence-electron chi connectivity index (χ0n) is 15.3. The predicted octanol–water partition coefficient (Wildman–Crippen LogP) is 2.41. The van der Waals surface area contributed by atoms with Crippen LogP contribution in [0.4, 0.5) is 0 Å². The molecule has 30 heavy (non-hydrogen) atoms. The van der Waals surface area contributed by atoms with Crippen molar-refractivity contribution in [2.45, 2.75) is 35.5 Å². The molecule has 8 nitrogen and oxygen atoms in total. The highest BCUT2D eigenvalue weighted by Crippen LogP contribution is 2.51. The minimum Gasteiger partial charge on any atom is -0.485 e. The normalized spacial score (nSPS) is 24.8. The van der Waals surface area contributed by atoms with Gasteiger partial charge in [0.25, 0.3) is 0 Å². The predicted molar refractivity (Wildman–Crippen MR) is 108 cm³/mol. The Morgan fingerprint density at radius 2 is 1.87 bits per heavy atom. The summed E-state index contributed by atoms with van der Waals surface area (Å²) in [6.45, 7) is -0.543. The van der Waals surface area contributed by atoms with Gasteiger partial charge in [0, 0.05) is 17.9 Å². The Morgan fingerprint density at radius 3 is 2.53 bits per heavy atom.